The number of nitrogens with one attached hydrogen (secondary N) is 2. The van der Waals surface area contributed by atoms with Crippen LogP contribution in [0.5, 0.6) is 0 Å². The zero-order chi connectivity index (χ0) is 23.7. The molecule has 34 heavy (non-hydrogen) atoms. The second kappa shape index (κ2) is 9.06. The van der Waals surface area contributed by atoms with Gasteiger partial charge in [-0.1, -0.05) is 30.3 Å². The molecule has 3 heterocycles. The number of rotatable bonds is 5. The number of nitrogens with zero attached hydrogens (tertiary/aromatic N) is 2. The van der Waals surface area contributed by atoms with Crippen LogP contribution in [0.15, 0.2) is 51.7 Å². The smallest absolute Gasteiger partial charge is 0.408 e. The highest BCUT2D eigenvalue weighted by atomic mass is 16.6. The largest absolute Gasteiger partial charge is 0.419 e. The maximum Gasteiger partial charge on any atom is 0.419 e. The third-order valence-corrected chi connectivity index (χ3v) is 6.57. The number of oxazole rings is 1. The van der Waals surface area contributed by atoms with Gasteiger partial charge in [0.25, 0.3) is 5.91 Å². The number of aromatic nitrogens is 1. The Balaban J connectivity index is 1.22. The van der Waals surface area contributed by atoms with E-state index >= 15 is 0 Å². The molecule has 1 amide bonds. The molecule has 0 aliphatic carbocycles. The van der Waals surface area contributed by atoms with E-state index in [-0.39, 0.29) is 11.5 Å². The topological polar surface area (TPSA) is 119 Å². The van der Waals surface area contributed by atoms with Crippen molar-refractivity contribution >= 4 is 17.0 Å². The lowest BCUT2D eigenvalue weighted by Gasteiger charge is -2.40. The fourth-order valence-corrected chi connectivity index (χ4v) is 4.37. The van der Waals surface area contributed by atoms with Crippen molar-refractivity contribution in [2.24, 2.45) is 7.05 Å². The summed E-state index contributed by atoms with van der Waals surface area (Å²) in [4.78, 5) is 24.4. The zero-order valence-corrected chi connectivity index (χ0v) is 18.9. The lowest BCUT2D eigenvalue weighted by atomic mass is 9.96. The van der Waals surface area contributed by atoms with Crippen LogP contribution in [-0.2, 0) is 27.7 Å². The van der Waals surface area contributed by atoms with E-state index in [0.717, 1.165) is 35.2 Å². The molecule has 0 bridgehead atoms. The summed E-state index contributed by atoms with van der Waals surface area (Å²) in [5.41, 5.74) is 3.80. The molecule has 176 valence electrons. The summed E-state index contributed by atoms with van der Waals surface area (Å²) in [7, 11) is 1.67. The molecule has 2 saturated heterocycles. The van der Waals surface area contributed by atoms with Crippen molar-refractivity contribution in [2.45, 2.75) is 30.6 Å². The normalized spacial score (nSPS) is 23.1. The first-order valence-electron chi connectivity index (χ1n) is 11.3. The molecular weight excluding hydrogens is 436 g/mol. The minimum absolute atomic E-state index is 0.300. The molecule has 2 aliphatic heterocycles. The third-order valence-electron chi connectivity index (χ3n) is 6.57. The van der Waals surface area contributed by atoms with Crippen molar-refractivity contribution in [3.8, 4) is 17.2 Å². The van der Waals surface area contributed by atoms with Gasteiger partial charge in [0.1, 0.15) is 17.7 Å². The first-order valence-corrected chi connectivity index (χ1v) is 11.3. The predicted molar refractivity (Wildman–Crippen MR) is 124 cm³/mol. The van der Waals surface area contributed by atoms with Gasteiger partial charge in [-0.05, 0) is 28.8 Å². The van der Waals surface area contributed by atoms with Crippen LogP contribution in [0.4, 0.5) is 0 Å². The molecule has 3 aromatic rings. The van der Waals surface area contributed by atoms with Crippen molar-refractivity contribution in [3.05, 3.63) is 58.6 Å². The predicted octanol–water partition coefficient (Wildman–Crippen LogP) is 1.50. The number of amides is 1. The van der Waals surface area contributed by atoms with E-state index in [1.165, 1.54) is 4.57 Å². The quantitative estimate of drug-likeness (QED) is 0.590. The van der Waals surface area contributed by atoms with Gasteiger partial charge >= 0.3 is 5.76 Å². The van der Waals surface area contributed by atoms with E-state index in [4.69, 9.17) is 13.9 Å². The average molecular weight is 463 g/mol. The van der Waals surface area contributed by atoms with Crippen molar-refractivity contribution in [2.75, 3.05) is 26.3 Å². The average Bonchev–Trinajstić information content (AvgIpc) is 2.99. The van der Waals surface area contributed by atoms with Crippen LogP contribution in [0.2, 0.25) is 0 Å². The van der Waals surface area contributed by atoms with Crippen LogP contribution in [0.25, 0.3) is 22.2 Å². The fourth-order valence-electron chi connectivity index (χ4n) is 4.37. The Bertz CT molecular complexity index is 1300. The zero-order valence-electron chi connectivity index (χ0n) is 18.9. The molecule has 0 saturated carbocycles. The van der Waals surface area contributed by atoms with Gasteiger partial charge in [-0.3, -0.25) is 9.36 Å². The van der Waals surface area contributed by atoms with Crippen molar-refractivity contribution < 1.29 is 18.7 Å². The molecule has 1 spiro atoms. The van der Waals surface area contributed by atoms with Gasteiger partial charge in [-0.25, -0.2) is 4.79 Å². The van der Waals surface area contributed by atoms with Gasteiger partial charge in [-0.2, -0.15) is 5.26 Å². The van der Waals surface area contributed by atoms with Crippen LogP contribution in [0.1, 0.15) is 12.0 Å². The molecular formula is C25H26N4O5. The summed E-state index contributed by atoms with van der Waals surface area (Å²) in [6.07, 6.45) is 0.639. The second-order valence-electron chi connectivity index (χ2n) is 8.91. The van der Waals surface area contributed by atoms with Crippen molar-refractivity contribution in [1.82, 2.24) is 15.2 Å². The lowest BCUT2D eigenvalue weighted by Crippen LogP contribution is -2.53. The van der Waals surface area contributed by atoms with E-state index in [0.29, 0.717) is 31.7 Å². The fraction of sp³-hybridized carbons (Fsp3) is 0.400. The maximum absolute atomic E-state index is 12.7. The summed E-state index contributed by atoms with van der Waals surface area (Å²) in [5, 5.41) is 15.6. The van der Waals surface area contributed by atoms with Gasteiger partial charge in [0.15, 0.2) is 5.58 Å². The minimum Gasteiger partial charge on any atom is -0.408 e. The number of aryl methyl sites for hydroxylation is 1. The van der Waals surface area contributed by atoms with E-state index in [9.17, 15) is 14.9 Å². The molecule has 0 radical (unpaired) electrons. The first kappa shape index (κ1) is 22.3. The summed E-state index contributed by atoms with van der Waals surface area (Å²) in [6.45, 7) is 2.13. The van der Waals surface area contributed by atoms with Gasteiger partial charge in [0.05, 0.1) is 24.8 Å². The van der Waals surface area contributed by atoms with Crippen molar-refractivity contribution in [3.63, 3.8) is 0 Å². The monoisotopic (exact) mass is 462 g/mol. The molecule has 9 heteroatoms. The molecule has 1 aromatic heterocycles. The Morgan fingerprint density at radius 3 is 2.76 bits per heavy atom. The number of carbonyl (C=O) groups excluding carboxylic acids is 1. The summed E-state index contributed by atoms with van der Waals surface area (Å²) >= 11 is 0. The SMILES string of the molecule is Cn1c(=O)oc2ccc(-c3ccc(C[C@@H](C#N)NC(=O)[C@@H]4CNCC5(CCO5)CO4)cc3)cc21. The van der Waals surface area contributed by atoms with Gasteiger partial charge in [-0.15, -0.1) is 0 Å². The van der Waals surface area contributed by atoms with Crippen molar-refractivity contribution in [1.29, 1.82) is 5.26 Å². The summed E-state index contributed by atoms with van der Waals surface area (Å²) < 4.78 is 18.1. The number of ether oxygens (including phenoxy) is 2. The third kappa shape index (κ3) is 4.35. The standard InChI is InChI=1S/C25H26N4O5/c1-29-20-11-18(6-7-21(20)34-24(29)31)17-4-2-16(3-5-17)10-19(12-26)28-23(30)22-13-27-14-25(15-32-22)8-9-33-25/h2-7,11,19,22,27H,8-10,13-15H2,1H3,(H,28,30)/t19-,22-,25?/m0/s1. The molecule has 1 unspecified atom stereocenters. The lowest BCUT2D eigenvalue weighted by molar-refractivity contribution is -0.178. The van der Waals surface area contributed by atoms with Crippen LogP contribution in [0.3, 0.4) is 0 Å². The summed E-state index contributed by atoms with van der Waals surface area (Å²) in [5.74, 6) is -0.695. The number of hydrogen-bond acceptors (Lipinski definition) is 7. The minimum atomic E-state index is -0.670. The van der Waals surface area contributed by atoms with Gasteiger partial charge < -0.3 is 24.5 Å². The molecule has 2 aromatic carbocycles. The highest BCUT2D eigenvalue weighted by Crippen LogP contribution is 2.28. The Labute approximate surface area is 196 Å². The molecule has 9 nitrogen and oxygen atoms in total. The number of benzene rings is 2. The highest BCUT2D eigenvalue weighted by Gasteiger charge is 2.42. The maximum atomic E-state index is 12.7. The molecule has 2 aliphatic rings. The molecule has 3 atom stereocenters. The first-order chi connectivity index (χ1) is 16.5. The molecule has 2 fully saturated rings. The van der Waals surface area contributed by atoms with E-state index in [2.05, 4.69) is 16.7 Å². The van der Waals surface area contributed by atoms with Crippen LogP contribution < -0.4 is 16.4 Å². The highest BCUT2D eigenvalue weighted by molar-refractivity contribution is 5.82. The van der Waals surface area contributed by atoms with E-state index in [1.807, 2.05) is 36.4 Å². The van der Waals surface area contributed by atoms with Gasteiger partial charge in [0.2, 0.25) is 0 Å². The second-order valence-corrected chi connectivity index (χ2v) is 8.91. The van der Waals surface area contributed by atoms with Crippen LogP contribution >= 0.6 is 0 Å². The Morgan fingerprint density at radius 2 is 2.06 bits per heavy atom. The number of carbonyl (C=O) groups is 1. The van der Waals surface area contributed by atoms with Gasteiger partial charge in [0, 0.05) is 33.0 Å². The Kier molecular flexibility index (Phi) is 5.96. The number of fused-ring (bicyclic) bond motifs is 1. The Hall–Kier alpha value is -3.45. The molecule has 2 N–H and O–H groups in total. The van der Waals surface area contributed by atoms with Crippen LogP contribution in [-0.4, -0.2) is 54.5 Å². The Morgan fingerprint density at radius 1 is 1.29 bits per heavy atom. The number of hydrogen-bond donors (Lipinski definition) is 2. The summed E-state index contributed by atoms with van der Waals surface area (Å²) in [6, 6.07) is 14.9. The number of nitriles is 1. The van der Waals surface area contributed by atoms with Crippen LogP contribution in [0, 0.1) is 11.3 Å². The van der Waals surface area contributed by atoms with E-state index in [1.54, 1.807) is 13.1 Å². The molecule has 5 rings (SSSR count). The van der Waals surface area contributed by atoms with E-state index < -0.39 is 17.9 Å².